The number of rotatable bonds is 10. The van der Waals surface area contributed by atoms with Crippen molar-refractivity contribution < 1.29 is 32.2 Å². The molecule has 0 radical (unpaired) electrons. The lowest BCUT2D eigenvalue weighted by Crippen LogP contribution is -2.62. The molecule has 0 spiro atoms. The van der Waals surface area contributed by atoms with Crippen LogP contribution in [0.3, 0.4) is 0 Å². The summed E-state index contributed by atoms with van der Waals surface area (Å²) in [7, 11) is 0. The van der Waals surface area contributed by atoms with E-state index in [0.717, 1.165) is 11.1 Å². The monoisotopic (exact) mass is 735 g/mol. The van der Waals surface area contributed by atoms with Gasteiger partial charge in [-0.25, -0.2) is 0 Å². The molecule has 2 fully saturated rings. The largest absolute Gasteiger partial charge is 0.490 e. The maximum absolute atomic E-state index is 14.3. The molecule has 7 nitrogen and oxygen atoms in total. The summed E-state index contributed by atoms with van der Waals surface area (Å²) in [6, 6.07) is 18.6. The second-order valence-corrected chi connectivity index (χ2v) is 14.1. The van der Waals surface area contributed by atoms with Gasteiger partial charge in [-0.2, -0.15) is 13.2 Å². The smallest absolute Gasteiger partial charge is 0.395 e. The molecule has 1 saturated heterocycles. The highest BCUT2D eigenvalue weighted by atomic mass is 35.5. The van der Waals surface area contributed by atoms with Gasteiger partial charge in [-0.05, 0) is 66.3 Å². The van der Waals surface area contributed by atoms with Crippen molar-refractivity contribution >= 4 is 52.2 Å². The van der Waals surface area contributed by atoms with E-state index in [1.54, 1.807) is 59.5 Å². The number of aryl methyl sites for hydroxylation is 1. The summed E-state index contributed by atoms with van der Waals surface area (Å²) in [6.07, 6.45) is -4.32. The average Bonchev–Trinajstić information content (AvgIpc) is 3.62. The fourth-order valence-corrected chi connectivity index (χ4v) is 8.25. The normalized spacial score (nSPS) is 24.8. The predicted octanol–water partition coefficient (Wildman–Crippen LogP) is 7.00. The topological polar surface area (TPSA) is 79.9 Å². The summed E-state index contributed by atoms with van der Waals surface area (Å²) < 4.78 is 54.2. The van der Waals surface area contributed by atoms with Gasteiger partial charge < -0.3 is 25.0 Å². The van der Waals surface area contributed by atoms with Gasteiger partial charge in [0.05, 0.1) is 32.9 Å². The molecule has 6 rings (SSSR count). The van der Waals surface area contributed by atoms with Crippen LogP contribution in [-0.4, -0.2) is 72.2 Å². The van der Waals surface area contributed by atoms with Crippen molar-refractivity contribution in [2.24, 2.45) is 5.92 Å². The minimum atomic E-state index is -4.61. The highest BCUT2D eigenvalue weighted by molar-refractivity contribution is 6.37. The SMILES string of the molecule is CC(=O)N1C[C@H]2CC(c3ccc(OCCOc4c(Cl)cc(C)cc4Cl)cc3)=C(C(=O)NC3(Cc4ccccc4)C(Cl)C3C(F)(F)F)[C@@H](C1)N2. The lowest BCUT2D eigenvalue weighted by Gasteiger charge is -2.44. The molecule has 2 N–H and O–H groups in total. The Morgan fingerprint density at radius 1 is 1.00 bits per heavy atom. The van der Waals surface area contributed by atoms with E-state index in [9.17, 15) is 22.8 Å². The van der Waals surface area contributed by atoms with Gasteiger partial charge in [0.25, 0.3) is 0 Å². The molecule has 0 aromatic heterocycles. The second kappa shape index (κ2) is 14.1. The van der Waals surface area contributed by atoms with Crippen LogP contribution in [0.4, 0.5) is 13.2 Å². The molecule has 260 valence electrons. The summed E-state index contributed by atoms with van der Waals surface area (Å²) in [5, 5.41) is 5.65. The number of benzene rings is 3. The van der Waals surface area contributed by atoms with Crippen molar-refractivity contribution in [3.63, 3.8) is 0 Å². The van der Waals surface area contributed by atoms with E-state index in [-0.39, 0.29) is 38.1 Å². The number of fused-ring (bicyclic) bond motifs is 2. The number of nitrogens with zero attached hydrogens (tertiary/aromatic N) is 1. The number of nitrogens with one attached hydrogen (secondary N) is 2. The fraction of sp³-hybridized carbons (Fsp3) is 0.389. The van der Waals surface area contributed by atoms with Gasteiger partial charge in [0, 0.05) is 31.6 Å². The number of alkyl halides is 4. The van der Waals surface area contributed by atoms with Crippen LogP contribution in [-0.2, 0) is 16.0 Å². The molecular formula is C36H35Cl3F3N3O4. The Balaban J connectivity index is 1.24. The van der Waals surface area contributed by atoms with Crippen molar-refractivity contribution in [2.45, 2.75) is 55.9 Å². The van der Waals surface area contributed by atoms with E-state index in [2.05, 4.69) is 10.6 Å². The molecule has 2 amide bonds. The van der Waals surface area contributed by atoms with E-state index in [0.29, 0.717) is 51.2 Å². The minimum Gasteiger partial charge on any atom is -0.490 e. The molecule has 2 heterocycles. The molecule has 13 heteroatoms. The highest BCUT2D eigenvalue weighted by Crippen LogP contribution is 2.58. The number of hydrogen-bond acceptors (Lipinski definition) is 5. The van der Waals surface area contributed by atoms with Gasteiger partial charge in [0.1, 0.15) is 19.0 Å². The van der Waals surface area contributed by atoms with E-state index >= 15 is 0 Å². The first-order valence-corrected chi connectivity index (χ1v) is 17.1. The Hall–Kier alpha value is -3.44. The number of halogens is 6. The van der Waals surface area contributed by atoms with Crippen LogP contribution in [0.1, 0.15) is 30.0 Å². The van der Waals surface area contributed by atoms with Gasteiger partial charge in [0.2, 0.25) is 11.8 Å². The van der Waals surface area contributed by atoms with Crippen molar-refractivity contribution in [1.82, 2.24) is 15.5 Å². The third kappa shape index (κ3) is 7.53. The summed E-state index contributed by atoms with van der Waals surface area (Å²) in [4.78, 5) is 28.3. The van der Waals surface area contributed by atoms with E-state index in [1.807, 2.05) is 19.1 Å². The lowest BCUT2D eigenvalue weighted by atomic mass is 9.83. The van der Waals surface area contributed by atoms with Crippen molar-refractivity contribution in [1.29, 1.82) is 0 Å². The summed E-state index contributed by atoms with van der Waals surface area (Å²) in [5.74, 6) is -1.77. The third-order valence-electron chi connectivity index (χ3n) is 9.31. The molecule has 1 saturated carbocycles. The number of carbonyl (C=O) groups is 2. The molecule has 5 atom stereocenters. The summed E-state index contributed by atoms with van der Waals surface area (Å²) in [6.45, 7) is 4.38. The van der Waals surface area contributed by atoms with Crippen molar-refractivity contribution in [3.05, 3.63) is 99.0 Å². The van der Waals surface area contributed by atoms with Gasteiger partial charge in [0.15, 0.2) is 5.75 Å². The fourth-order valence-electron chi connectivity index (χ4n) is 6.98. The average molecular weight is 737 g/mol. The van der Waals surface area contributed by atoms with E-state index < -0.39 is 35.0 Å². The highest BCUT2D eigenvalue weighted by Gasteiger charge is 2.75. The third-order valence-corrected chi connectivity index (χ3v) is 10.5. The van der Waals surface area contributed by atoms with Crippen LogP contribution < -0.4 is 20.1 Å². The second-order valence-electron chi connectivity index (χ2n) is 12.8. The number of piperazine rings is 1. The number of carbonyl (C=O) groups excluding carboxylic acids is 2. The molecule has 49 heavy (non-hydrogen) atoms. The van der Waals surface area contributed by atoms with Gasteiger partial charge in [-0.1, -0.05) is 65.7 Å². The van der Waals surface area contributed by atoms with Crippen LogP contribution in [0.2, 0.25) is 10.0 Å². The Bertz CT molecular complexity index is 1730. The predicted molar refractivity (Wildman–Crippen MR) is 183 cm³/mol. The Kier molecular flexibility index (Phi) is 10.2. The van der Waals surface area contributed by atoms with Gasteiger partial charge >= 0.3 is 6.18 Å². The zero-order valence-electron chi connectivity index (χ0n) is 26.8. The van der Waals surface area contributed by atoms with Crippen LogP contribution >= 0.6 is 34.8 Å². The first-order valence-electron chi connectivity index (χ1n) is 15.9. The van der Waals surface area contributed by atoms with E-state index in [4.69, 9.17) is 44.3 Å². The molecule has 3 aromatic carbocycles. The quantitative estimate of drug-likeness (QED) is 0.173. The minimum absolute atomic E-state index is 0.0844. The number of amides is 2. The Morgan fingerprint density at radius 2 is 1.65 bits per heavy atom. The zero-order chi connectivity index (χ0) is 35.1. The van der Waals surface area contributed by atoms with Crippen LogP contribution in [0.15, 0.2) is 72.3 Å². The first-order chi connectivity index (χ1) is 23.3. The molecule has 3 aromatic rings. The zero-order valence-corrected chi connectivity index (χ0v) is 29.0. The number of hydrogen-bond donors (Lipinski definition) is 2. The van der Waals surface area contributed by atoms with Crippen LogP contribution in [0.5, 0.6) is 11.5 Å². The summed E-state index contributed by atoms with van der Waals surface area (Å²) in [5.41, 5.74) is 1.52. The van der Waals surface area contributed by atoms with E-state index in [1.165, 1.54) is 6.92 Å². The Morgan fingerprint density at radius 3 is 2.27 bits per heavy atom. The maximum Gasteiger partial charge on any atom is 0.395 e. The lowest BCUT2D eigenvalue weighted by molar-refractivity contribution is -0.153. The maximum atomic E-state index is 14.3. The van der Waals surface area contributed by atoms with Crippen LogP contribution in [0.25, 0.3) is 5.57 Å². The molecule has 2 aliphatic heterocycles. The molecule has 3 unspecified atom stereocenters. The molecular weight excluding hydrogens is 702 g/mol. The van der Waals surface area contributed by atoms with Gasteiger partial charge in [-0.3, -0.25) is 9.59 Å². The first kappa shape index (κ1) is 35.4. The number of ether oxygens (including phenoxy) is 2. The molecule has 3 aliphatic rings. The van der Waals surface area contributed by atoms with Crippen LogP contribution in [0, 0.1) is 12.8 Å². The Labute approximate surface area is 297 Å². The molecule has 1 aliphatic carbocycles. The van der Waals surface area contributed by atoms with Gasteiger partial charge in [-0.15, -0.1) is 11.6 Å². The summed E-state index contributed by atoms with van der Waals surface area (Å²) >= 11 is 18.9. The van der Waals surface area contributed by atoms with Crippen molar-refractivity contribution in [3.8, 4) is 11.5 Å². The standard InChI is InChI=1S/C36H35Cl3F3N3O4/c1-20-14-27(37)31(28(38)15-20)49-13-12-48-25-10-8-23(9-11-25)26-16-24-18-45(21(2)46)19-29(43-24)30(26)34(47)44-35(17-22-6-4-3-5-7-22)32(33(35)39)36(40,41)42/h3-11,14-15,24,29,32-33,43H,12-13,16-19H2,1-2H3,(H,44,47)/t24-,29-,32?,33?,35?/m1/s1. The van der Waals surface area contributed by atoms with Crippen molar-refractivity contribution in [2.75, 3.05) is 26.3 Å². The molecule has 2 bridgehead atoms.